The maximum Gasteiger partial charge on any atom is 0.0372 e. The second-order valence-corrected chi connectivity index (χ2v) is 3.59. The van der Waals surface area contributed by atoms with Crippen LogP contribution in [-0.4, -0.2) is 10.7 Å². The molecule has 0 aromatic carbocycles. The predicted molar refractivity (Wildman–Crippen MR) is 55.9 cm³/mol. The first-order valence-electron chi connectivity index (χ1n) is 4.27. The standard InChI is InChI=1S/C10H15NS/c1-8(5-6-12)10-4-3-9(2)11-7-10/h3-4,7-8,12H,5-6H2,1-2H3. The van der Waals surface area contributed by atoms with Crippen LogP contribution in [0.15, 0.2) is 18.3 Å². The van der Waals surface area contributed by atoms with Crippen molar-refractivity contribution in [3.05, 3.63) is 29.6 Å². The van der Waals surface area contributed by atoms with Gasteiger partial charge in [-0.3, -0.25) is 4.98 Å². The largest absolute Gasteiger partial charge is 0.261 e. The van der Waals surface area contributed by atoms with E-state index < -0.39 is 0 Å². The molecule has 0 saturated carbocycles. The molecule has 1 atom stereocenters. The molecule has 1 unspecified atom stereocenters. The maximum atomic E-state index is 4.26. The second-order valence-electron chi connectivity index (χ2n) is 3.15. The third-order valence-corrected chi connectivity index (χ3v) is 2.32. The van der Waals surface area contributed by atoms with Crippen molar-refractivity contribution in [2.75, 3.05) is 5.75 Å². The van der Waals surface area contributed by atoms with E-state index in [1.165, 1.54) is 5.56 Å². The molecule has 0 amide bonds. The van der Waals surface area contributed by atoms with Crippen LogP contribution in [0.1, 0.15) is 30.5 Å². The van der Waals surface area contributed by atoms with Gasteiger partial charge in [-0.15, -0.1) is 0 Å². The van der Waals surface area contributed by atoms with Gasteiger partial charge in [0.25, 0.3) is 0 Å². The van der Waals surface area contributed by atoms with Gasteiger partial charge in [0.15, 0.2) is 0 Å². The minimum atomic E-state index is 0.579. The number of nitrogens with zero attached hydrogens (tertiary/aromatic N) is 1. The fourth-order valence-corrected chi connectivity index (χ4v) is 1.52. The molecule has 1 rings (SSSR count). The van der Waals surface area contributed by atoms with E-state index in [0.717, 1.165) is 17.9 Å². The van der Waals surface area contributed by atoms with E-state index in [1.54, 1.807) is 0 Å². The first kappa shape index (κ1) is 9.59. The van der Waals surface area contributed by atoms with Crippen molar-refractivity contribution in [1.29, 1.82) is 0 Å². The van der Waals surface area contributed by atoms with E-state index in [-0.39, 0.29) is 0 Å². The monoisotopic (exact) mass is 181 g/mol. The van der Waals surface area contributed by atoms with Crippen LogP contribution in [0.4, 0.5) is 0 Å². The Morgan fingerprint density at radius 2 is 2.25 bits per heavy atom. The average molecular weight is 181 g/mol. The third kappa shape index (κ3) is 2.52. The van der Waals surface area contributed by atoms with Crippen LogP contribution in [-0.2, 0) is 0 Å². The smallest absolute Gasteiger partial charge is 0.0372 e. The lowest BCUT2D eigenvalue weighted by molar-refractivity contribution is 0.737. The average Bonchev–Trinajstić information content (AvgIpc) is 2.06. The molecule has 0 fully saturated rings. The quantitative estimate of drug-likeness (QED) is 0.707. The molecular weight excluding hydrogens is 166 g/mol. The lowest BCUT2D eigenvalue weighted by Gasteiger charge is -2.09. The molecule has 0 bridgehead atoms. The molecule has 0 aliphatic rings. The number of hydrogen-bond acceptors (Lipinski definition) is 2. The number of rotatable bonds is 3. The maximum absolute atomic E-state index is 4.26. The zero-order valence-corrected chi connectivity index (χ0v) is 8.51. The molecule has 0 radical (unpaired) electrons. The van der Waals surface area contributed by atoms with Gasteiger partial charge >= 0.3 is 0 Å². The van der Waals surface area contributed by atoms with E-state index in [4.69, 9.17) is 0 Å². The van der Waals surface area contributed by atoms with Gasteiger partial charge in [0.05, 0.1) is 0 Å². The molecule has 0 aliphatic carbocycles. The molecule has 0 aliphatic heterocycles. The first-order valence-corrected chi connectivity index (χ1v) is 4.90. The highest BCUT2D eigenvalue weighted by molar-refractivity contribution is 7.80. The molecule has 12 heavy (non-hydrogen) atoms. The van der Waals surface area contributed by atoms with Gasteiger partial charge in [-0.2, -0.15) is 12.6 Å². The highest BCUT2D eigenvalue weighted by Gasteiger charge is 2.03. The van der Waals surface area contributed by atoms with Gasteiger partial charge in [0, 0.05) is 11.9 Å². The molecule has 0 spiro atoms. The van der Waals surface area contributed by atoms with E-state index in [1.807, 2.05) is 13.1 Å². The zero-order valence-electron chi connectivity index (χ0n) is 7.62. The number of aromatic nitrogens is 1. The van der Waals surface area contributed by atoms with Crippen LogP contribution in [0.25, 0.3) is 0 Å². The van der Waals surface area contributed by atoms with Crippen LogP contribution in [0.5, 0.6) is 0 Å². The summed E-state index contributed by atoms with van der Waals surface area (Å²) in [5.74, 6) is 1.52. The molecule has 66 valence electrons. The van der Waals surface area contributed by atoms with Crippen LogP contribution in [0.2, 0.25) is 0 Å². The van der Waals surface area contributed by atoms with Crippen molar-refractivity contribution >= 4 is 12.6 Å². The molecule has 1 heterocycles. The Morgan fingerprint density at radius 3 is 2.75 bits per heavy atom. The zero-order chi connectivity index (χ0) is 8.97. The summed E-state index contributed by atoms with van der Waals surface area (Å²) in [4.78, 5) is 4.26. The third-order valence-electron chi connectivity index (χ3n) is 2.07. The molecule has 1 aromatic heterocycles. The number of aryl methyl sites for hydroxylation is 1. The first-order chi connectivity index (χ1) is 5.74. The molecule has 1 aromatic rings. The summed E-state index contributed by atoms with van der Waals surface area (Å²) in [7, 11) is 0. The lowest BCUT2D eigenvalue weighted by Crippen LogP contribution is -1.95. The summed E-state index contributed by atoms with van der Waals surface area (Å²) in [5, 5.41) is 0. The lowest BCUT2D eigenvalue weighted by atomic mass is 10.0. The van der Waals surface area contributed by atoms with Crippen LogP contribution >= 0.6 is 12.6 Å². The Morgan fingerprint density at radius 1 is 1.50 bits per heavy atom. The molecule has 0 saturated heterocycles. The molecule has 1 nitrogen and oxygen atoms in total. The SMILES string of the molecule is Cc1ccc(C(C)CCS)cn1. The molecule has 0 N–H and O–H groups in total. The summed E-state index contributed by atoms with van der Waals surface area (Å²) < 4.78 is 0. The number of thiol groups is 1. The Bertz CT molecular complexity index is 230. The minimum Gasteiger partial charge on any atom is -0.261 e. The molecular formula is C10H15NS. The van der Waals surface area contributed by atoms with Gasteiger partial charge in [-0.1, -0.05) is 13.0 Å². The summed E-state index contributed by atoms with van der Waals surface area (Å²) >= 11 is 4.21. The fourth-order valence-electron chi connectivity index (χ4n) is 1.13. The highest BCUT2D eigenvalue weighted by atomic mass is 32.1. The van der Waals surface area contributed by atoms with Gasteiger partial charge < -0.3 is 0 Å². The number of pyridine rings is 1. The highest BCUT2D eigenvalue weighted by Crippen LogP contribution is 2.18. The normalized spacial score (nSPS) is 12.9. The van der Waals surface area contributed by atoms with Gasteiger partial charge in [-0.05, 0) is 36.6 Å². The van der Waals surface area contributed by atoms with Crippen molar-refractivity contribution in [2.24, 2.45) is 0 Å². The summed E-state index contributed by atoms with van der Waals surface area (Å²) in [6.07, 6.45) is 3.08. The van der Waals surface area contributed by atoms with E-state index in [0.29, 0.717) is 5.92 Å². The second kappa shape index (κ2) is 4.51. The van der Waals surface area contributed by atoms with Crippen LogP contribution < -0.4 is 0 Å². The predicted octanol–water partition coefficient (Wildman–Crippen LogP) is 2.81. The minimum absolute atomic E-state index is 0.579. The number of hydrogen-bond donors (Lipinski definition) is 1. The van der Waals surface area contributed by atoms with Gasteiger partial charge in [0.2, 0.25) is 0 Å². The van der Waals surface area contributed by atoms with Crippen molar-refractivity contribution in [3.8, 4) is 0 Å². The van der Waals surface area contributed by atoms with E-state index >= 15 is 0 Å². The van der Waals surface area contributed by atoms with Crippen molar-refractivity contribution in [2.45, 2.75) is 26.2 Å². The Kier molecular flexibility index (Phi) is 3.60. The van der Waals surface area contributed by atoms with Crippen LogP contribution in [0, 0.1) is 6.92 Å². The summed E-state index contributed by atoms with van der Waals surface area (Å²) in [5.41, 5.74) is 2.39. The van der Waals surface area contributed by atoms with Crippen molar-refractivity contribution < 1.29 is 0 Å². The van der Waals surface area contributed by atoms with Crippen molar-refractivity contribution in [3.63, 3.8) is 0 Å². The van der Waals surface area contributed by atoms with Crippen molar-refractivity contribution in [1.82, 2.24) is 4.98 Å². The summed E-state index contributed by atoms with van der Waals surface area (Å²) in [6, 6.07) is 4.21. The van der Waals surface area contributed by atoms with Gasteiger partial charge in [0.1, 0.15) is 0 Å². The van der Waals surface area contributed by atoms with E-state index in [2.05, 4.69) is 36.7 Å². The Labute approximate surface area is 79.6 Å². The Hall–Kier alpha value is -0.500. The fraction of sp³-hybridized carbons (Fsp3) is 0.500. The summed E-state index contributed by atoms with van der Waals surface area (Å²) in [6.45, 7) is 4.22. The van der Waals surface area contributed by atoms with Gasteiger partial charge in [-0.25, -0.2) is 0 Å². The van der Waals surface area contributed by atoms with Crippen LogP contribution in [0.3, 0.4) is 0 Å². The van der Waals surface area contributed by atoms with E-state index in [9.17, 15) is 0 Å². The molecule has 2 heteroatoms. The Balaban J connectivity index is 2.68. The topological polar surface area (TPSA) is 12.9 Å².